The lowest BCUT2D eigenvalue weighted by atomic mass is 9.98. The summed E-state index contributed by atoms with van der Waals surface area (Å²) in [4.78, 5) is 32.8. The lowest BCUT2D eigenvalue weighted by Gasteiger charge is -2.23. The Kier molecular flexibility index (Phi) is 5.07. The number of nitrogens with one attached hydrogen (secondary N) is 1. The zero-order valence-corrected chi connectivity index (χ0v) is 14.0. The zero-order valence-electron chi connectivity index (χ0n) is 13.2. The van der Waals surface area contributed by atoms with Gasteiger partial charge in [0.05, 0.1) is 18.2 Å². The fraction of sp³-hybridized carbons (Fsp3) is 0.562. The van der Waals surface area contributed by atoms with Crippen molar-refractivity contribution in [3.63, 3.8) is 0 Å². The maximum Gasteiger partial charge on any atom is 0.268 e. The van der Waals surface area contributed by atoms with E-state index in [1.54, 1.807) is 11.9 Å². The average Bonchev–Trinajstić information content (AvgIpc) is 3.02. The minimum Gasteiger partial charge on any atom is -0.368 e. The van der Waals surface area contributed by atoms with Crippen LogP contribution < -0.4 is 5.56 Å². The van der Waals surface area contributed by atoms with Gasteiger partial charge in [-0.3, -0.25) is 9.59 Å². The summed E-state index contributed by atoms with van der Waals surface area (Å²) < 4.78 is 6.32. The van der Waals surface area contributed by atoms with Crippen molar-refractivity contribution in [2.45, 2.75) is 44.8 Å². The second kappa shape index (κ2) is 7.23. The van der Waals surface area contributed by atoms with E-state index in [-0.39, 0.29) is 30.7 Å². The molecule has 23 heavy (non-hydrogen) atoms. The first-order chi connectivity index (χ1) is 11.1. The zero-order chi connectivity index (χ0) is 16.2. The standard InChI is InChI=1S/C16H21N3O3S/c1-19(14(20)10-22-11-5-3-2-4-6-11)9-13-17-12-7-8-23-15(12)16(21)18-13/h7-8,11H,2-6,9-10H2,1H3,(H,17,18,21). The van der Waals surface area contributed by atoms with Crippen molar-refractivity contribution < 1.29 is 9.53 Å². The molecule has 0 atom stereocenters. The highest BCUT2D eigenvalue weighted by Crippen LogP contribution is 2.20. The fourth-order valence-electron chi connectivity index (χ4n) is 2.84. The molecule has 1 saturated carbocycles. The molecule has 6 nitrogen and oxygen atoms in total. The van der Waals surface area contributed by atoms with Crippen molar-refractivity contribution in [1.29, 1.82) is 0 Å². The number of carbonyl (C=O) groups is 1. The molecule has 7 heteroatoms. The summed E-state index contributed by atoms with van der Waals surface area (Å²) in [7, 11) is 1.70. The largest absolute Gasteiger partial charge is 0.368 e. The molecule has 0 aromatic carbocycles. The molecule has 0 radical (unpaired) electrons. The summed E-state index contributed by atoms with van der Waals surface area (Å²) in [6.07, 6.45) is 5.92. The van der Waals surface area contributed by atoms with Crippen LogP contribution in [0.4, 0.5) is 0 Å². The molecule has 3 rings (SSSR count). The summed E-state index contributed by atoms with van der Waals surface area (Å²) in [5.74, 6) is 0.401. The van der Waals surface area contributed by atoms with Gasteiger partial charge in [-0.25, -0.2) is 4.98 Å². The number of nitrogens with zero attached hydrogens (tertiary/aromatic N) is 2. The van der Waals surface area contributed by atoms with Gasteiger partial charge >= 0.3 is 0 Å². The number of amides is 1. The lowest BCUT2D eigenvalue weighted by Crippen LogP contribution is -2.33. The van der Waals surface area contributed by atoms with E-state index in [4.69, 9.17) is 4.74 Å². The summed E-state index contributed by atoms with van der Waals surface area (Å²) >= 11 is 1.36. The first-order valence-corrected chi connectivity index (χ1v) is 8.83. The molecular formula is C16H21N3O3S. The number of ether oxygens (including phenoxy) is 1. The predicted molar refractivity (Wildman–Crippen MR) is 89.5 cm³/mol. The Morgan fingerprint density at radius 3 is 3.00 bits per heavy atom. The second-order valence-corrected chi connectivity index (χ2v) is 6.88. The highest BCUT2D eigenvalue weighted by Gasteiger charge is 2.17. The Bertz CT molecular complexity index is 733. The lowest BCUT2D eigenvalue weighted by molar-refractivity contribution is -0.138. The minimum absolute atomic E-state index is 0.0894. The first-order valence-electron chi connectivity index (χ1n) is 7.95. The molecule has 124 valence electrons. The van der Waals surface area contributed by atoms with Gasteiger partial charge in [0, 0.05) is 7.05 Å². The Hall–Kier alpha value is -1.73. The monoisotopic (exact) mass is 335 g/mol. The second-order valence-electron chi connectivity index (χ2n) is 5.97. The number of H-pyrrole nitrogens is 1. The smallest absolute Gasteiger partial charge is 0.268 e. The van der Waals surface area contributed by atoms with Gasteiger partial charge in [0.2, 0.25) is 5.91 Å². The maximum atomic E-state index is 12.2. The van der Waals surface area contributed by atoms with Crippen LogP contribution in [-0.2, 0) is 16.1 Å². The summed E-state index contributed by atoms with van der Waals surface area (Å²) in [5.41, 5.74) is 0.521. The molecule has 1 N–H and O–H groups in total. The molecule has 0 spiro atoms. The van der Waals surface area contributed by atoms with Crippen molar-refractivity contribution in [2.24, 2.45) is 0 Å². The Morgan fingerprint density at radius 1 is 1.43 bits per heavy atom. The van der Waals surface area contributed by atoms with Crippen LogP contribution in [0.2, 0.25) is 0 Å². The van der Waals surface area contributed by atoms with Crippen LogP contribution in [0, 0.1) is 0 Å². The number of fused-ring (bicyclic) bond motifs is 1. The summed E-state index contributed by atoms with van der Waals surface area (Å²) in [5, 5.41) is 1.84. The van der Waals surface area contributed by atoms with Gasteiger partial charge in [-0.1, -0.05) is 19.3 Å². The number of aromatic amines is 1. The van der Waals surface area contributed by atoms with Crippen molar-refractivity contribution in [3.05, 3.63) is 27.6 Å². The third-order valence-electron chi connectivity index (χ3n) is 4.17. The van der Waals surface area contributed by atoms with E-state index in [0.29, 0.717) is 16.0 Å². The Morgan fingerprint density at radius 2 is 2.22 bits per heavy atom. The molecule has 2 aromatic heterocycles. The van der Waals surface area contributed by atoms with Crippen LogP contribution in [0.15, 0.2) is 16.2 Å². The van der Waals surface area contributed by atoms with E-state index in [2.05, 4.69) is 9.97 Å². The molecule has 0 unspecified atom stereocenters. The summed E-state index contributed by atoms with van der Waals surface area (Å²) in [6.45, 7) is 0.361. The van der Waals surface area contributed by atoms with Gasteiger partial charge in [-0.05, 0) is 24.3 Å². The van der Waals surface area contributed by atoms with Gasteiger partial charge in [0.1, 0.15) is 17.1 Å². The maximum absolute atomic E-state index is 12.2. The quantitative estimate of drug-likeness (QED) is 0.910. The van der Waals surface area contributed by atoms with Crippen LogP contribution >= 0.6 is 11.3 Å². The van der Waals surface area contributed by atoms with Crippen molar-refractivity contribution >= 4 is 27.5 Å². The molecule has 0 aliphatic heterocycles. The van der Waals surface area contributed by atoms with E-state index >= 15 is 0 Å². The highest BCUT2D eigenvalue weighted by atomic mass is 32.1. The molecular weight excluding hydrogens is 314 g/mol. The van der Waals surface area contributed by atoms with E-state index in [1.807, 2.05) is 11.4 Å². The van der Waals surface area contributed by atoms with Gasteiger partial charge in [-0.15, -0.1) is 11.3 Å². The topological polar surface area (TPSA) is 75.3 Å². The van der Waals surface area contributed by atoms with Crippen LogP contribution in [0.5, 0.6) is 0 Å². The Labute approximate surface area is 138 Å². The van der Waals surface area contributed by atoms with E-state index < -0.39 is 0 Å². The molecule has 1 aliphatic carbocycles. The SMILES string of the molecule is CN(Cc1nc2ccsc2c(=O)[nH]1)C(=O)COC1CCCCC1. The number of carbonyl (C=O) groups excluding carboxylic acids is 1. The predicted octanol–water partition coefficient (Wildman–Crippen LogP) is 2.29. The van der Waals surface area contributed by atoms with Gasteiger partial charge in [0.15, 0.2) is 0 Å². The third kappa shape index (κ3) is 3.97. The molecule has 1 amide bonds. The van der Waals surface area contributed by atoms with Crippen LogP contribution in [0.1, 0.15) is 37.9 Å². The average molecular weight is 335 g/mol. The van der Waals surface area contributed by atoms with Gasteiger partial charge in [0.25, 0.3) is 5.56 Å². The molecule has 1 aliphatic rings. The Balaban J connectivity index is 1.57. The highest BCUT2D eigenvalue weighted by molar-refractivity contribution is 7.17. The molecule has 0 bridgehead atoms. The van der Waals surface area contributed by atoms with Crippen LogP contribution in [0.3, 0.4) is 0 Å². The fourth-order valence-corrected chi connectivity index (χ4v) is 3.57. The number of rotatable bonds is 5. The first kappa shape index (κ1) is 16.1. The van der Waals surface area contributed by atoms with E-state index in [0.717, 1.165) is 12.8 Å². The third-order valence-corrected chi connectivity index (χ3v) is 5.07. The van der Waals surface area contributed by atoms with E-state index in [1.165, 1.54) is 30.6 Å². The molecule has 0 saturated heterocycles. The molecule has 2 aromatic rings. The number of hydrogen-bond donors (Lipinski definition) is 1. The van der Waals surface area contributed by atoms with Crippen LogP contribution in [-0.4, -0.2) is 40.5 Å². The number of thiophene rings is 1. The number of aromatic nitrogens is 2. The molecule has 2 heterocycles. The minimum atomic E-state index is -0.153. The number of likely N-dealkylation sites (N-methyl/N-ethyl adjacent to an activating group) is 1. The van der Waals surface area contributed by atoms with Crippen molar-refractivity contribution in [3.8, 4) is 0 Å². The van der Waals surface area contributed by atoms with Crippen molar-refractivity contribution in [1.82, 2.24) is 14.9 Å². The summed E-state index contributed by atoms with van der Waals surface area (Å²) in [6, 6.07) is 1.81. The van der Waals surface area contributed by atoms with Gasteiger partial charge < -0.3 is 14.6 Å². The normalized spacial score (nSPS) is 15.9. The van der Waals surface area contributed by atoms with Crippen LogP contribution in [0.25, 0.3) is 10.2 Å². The van der Waals surface area contributed by atoms with E-state index in [9.17, 15) is 9.59 Å². The van der Waals surface area contributed by atoms with Crippen molar-refractivity contribution in [2.75, 3.05) is 13.7 Å². The molecule has 1 fully saturated rings. The number of hydrogen-bond acceptors (Lipinski definition) is 5. The van der Waals surface area contributed by atoms with Gasteiger partial charge in [-0.2, -0.15) is 0 Å².